The van der Waals surface area contributed by atoms with E-state index in [4.69, 9.17) is 23.7 Å². The van der Waals surface area contributed by atoms with E-state index < -0.39 is 0 Å². The van der Waals surface area contributed by atoms with Crippen LogP contribution in [0.3, 0.4) is 0 Å². The highest BCUT2D eigenvalue weighted by atomic mass is 32.1. The molecule has 0 aliphatic carbocycles. The number of anilines is 1. The number of benzene rings is 2. The Bertz CT molecular complexity index is 1070. The van der Waals surface area contributed by atoms with Crippen LogP contribution in [0.15, 0.2) is 30.3 Å². The van der Waals surface area contributed by atoms with E-state index in [1.54, 1.807) is 38.5 Å². The first-order chi connectivity index (χ1) is 16.0. The minimum Gasteiger partial charge on any atom is -0.493 e. The van der Waals surface area contributed by atoms with Crippen LogP contribution >= 0.6 is 11.3 Å². The van der Waals surface area contributed by atoms with Gasteiger partial charge in [0.1, 0.15) is 5.01 Å². The summed E-state index contributed by atoms with van der Waals surface area (Å²) in [5.74, 6) is 2.19. The number of methoxy groups -OCH3 is 2. The molecule has 0 aliphatic heterocycles. The molecule has 3 rings (SSSR count). The van der Waals surface area contributed by atoms with Gasteiger partial charge in [-0.25, -0.2) is 0 Å². The second kappa shape index (κ2) is 11.4. The van der Waals surface area contributed by atoms with Crippen molar-refractivity contribution in [1.82, 2.24) is 10.2 Å². The summed E-state index contributed by atoms with van der Waals surface area (Å²) in [6, 6.07) is 8.70. The Hall–Kier alpha value is -3.53. The molecule has 176 valence electrons. The number of nitrogens with zero attached hydrogens (tertiary/aromatic N) is 2. The van der Waals surface area contributed by atoms with E-state index in [1.807, 2.05) is 26.8 Å². The summed E-state index contributed by atoms with van der Waals surface area (Å²) in [6.07, 6.45) is 0. The molecule has 0 saturated carbocycles. The van der Waals surface area contributed by atoms with E-state index in [0.29, 0.717) is 64.3 Å². The largest absolute Gasteiger partial charge is 0.493 e. The molecule has 10 heteroatoms. The van der Waals surface area contributed by atoms with Crippen molar-refractivity contribution in [1.29, 1.82) is 0 Å². The zero-order valence-electron chi connectivity index (χ0n) is 19.3. The lowest BCUT2D eigenvalue weighted by Crippen LogP contribution is -2.13. The van der Waals surface area contributed by atoms with Gasteiger partial charge in [-0.1, -0.05) is 11.3 Å². The fourth-order valence-corrected chi connectivity index (χ4v) is 3.78. The van der Waals surface area contributed by atoms with Gasteiger partial charge in [0.2, 0.25) is 10.9 Å². The highest BCUT2D eigenvalue weighted by molar-refractivity contribution is 7.18. The second-order valence-corrected chi connectivity index (χ2v) is 7.51. The zero-order valence-corrected chi connectivity index (χ0v) is 20.1. The van der Waals surface area contributed by atoms with Crippen molar-refractivity contribution in [2.45, 2.75) is 20.8 Å². The van der Waals surface area contributed by atoms with Gasteiger partial charge in [-0.15, -0.1) is 10.2 Å². The Labute approximate surface area is 196 Å². The monoisotopic (exact) mass is 473 g/mol. The normalized spacial score (nSPS) is 10.5. The molecule has 33 heavy (non-hydrogen) atoms. The minimum absolute atomic E-state index is 0.355. The molecule has 0 aliphatic rings. The zero-order chi connectivity index (χ0) is 23.8. The topological polar surface area (TPSA) is 101 Å². The van der Waals surface area contributed by atoms with Gasteiger partial charge in [-0.2, -0.15) is 0 Å². The summed E-state index contributed by atoms with van der Waals surface area (Å²) < 4.78 is 27.7. The van der Waals surface area contributed by atoms with E-state index in [1.165, 1.54) is 11.3 Å². The molecular weight excluding hydrogens is 446 g/mol. The quantitative estimate of drug-likeness (QED) is 0.429. The number of ether oxygens (including phenoxy) is 5. The highest BCUT2D eigenvalue weighted by Gasteiger charge is 2.20. The summed E-state index contributed by atoms with van der Waals surface area (Å²) in [6.45, 7) is 6.87. The van der Waals surface area contributed by atoms with Crippen LogP contribution in [0.5, 0.6) is 28.7 Å². The third kappa shape index (κ3) is 5.64. The van der Waals surface area contributed by atoms with Gasteiger partial charge in [0.25, 0.3) is 5.91 Å². The Morgan fingerprint density at radius 2 is 1.48 bits per heavy atom. The highest BCUT2D eigenvalue weighted by Crippen LogP contribution is 2.39. The molecule has 1 amide bonds. The van der Waals surface area contributed by atoms with Crippen molar-refractivity contribution >= 4 is 22.4 Å². The fourth-order valence-electron chi connectivity index (χ4n) is 3.05. The Balaban J connectivity index is 1.85. The number of aromatic nitrogens is 2. The predicted octanol–water partition coefficient (Wildman–Crippen LogP) is 4.67. The molecule has 0 unspecified atom stereocenters. The lowest BCUT2D eigenvalue weighted by molar-refractivity contribution is 0.102. The fraction of sp³-hybridized carbons (Fsp3) is 0.348. The van der Waals surface area contributed by atoms with Gasteiger partial charge in [0.15, 0.2) is 23.0 Å². The molecule has 0 spiro atoms. The molecular formula is C23H27N3O6S. The summed E-state index contributed by atoms with van der Waals surface area (Å²) in [5.41, 5.74) is 1.15. The average Bonchev–Trinajstić information content (AvgIpc) is 3.29. The molecule has 9 nitrogen and oxygen atoms in total. The first-order valence-electron chi connectivity index (χ1n) is 10.5. The molecule has 0 atom stereocenters. The summed E-state index contributed by atoms with van der Waals surface area (Å²) in [4.78, 5) is 13.0. The van der Waals surface area contributed by atoms with E-state index in [2.05, 4.69) is 15.5 Å². The smallest absolute Gasteiger partial charge is 0.257 e. The van der Waals surface area contributed by atoms with Crippen LogP contribution in [0.25, 0.3) is 10.6 Å². The van der Waals surface area contributed by atoms with Crippen molar-refractivity contribution in [3.05, 3.63) is 35.9 Å². The van der Waals surface area contributed by atoms with Gasteiger partial charge >= 0.3 is 0 Å². The van der Waals surface area contributed by atoms with Crippen LogP contribution in [0.2, 0.25) is 0 Å². The third-order valence-electron chi connectivity index (χ3n) is 4.45. The molecule has 1 heterocycles. The SMILES string of the molecule is CCOc1cc(C(=O)Nc2nnc(-c3ccc(OC)c(OC)c3)s2)cc(OCC)c1OCC. The van der Waals surface area contributed by atoms with Crippen LogP contribution in [0.4, 0.5) is 5.13 Å². The number of amides is 1. The van der Waals surface area contributed by atoms with Gasteiger partial charge in [0, 0.05) is 11.1 Å². The van der Waals surface area contributed by atoms with Gasteiger partial charge in [-0.3, -0.25) is 10.1 Å². The van der Waals surface area contributed by atoms with E-state index in [9.17, 15) is 4.79 Å². The first-order valence-corrected chi connectivity index (χ1v) is 11.3. The summed E-state index contributed by atoms with van der Waals surface area (Å²) >= 11 is 1.24. The van der Waals surface area contributed by atoms with Crippen LogP contribution in [-0.4, -0.2) is 50.1 Å². The van der Waals surface area contributed by atoms with Crippen LogP contribution in [0, 0.1) is 0 Å². The Morgan fingerprint density at radius 1 is 0.848 bits per heavy atom. The van der Waals surface area contributed by atoms with Gasteiger partial charge < -0.3 is 23.7 Å². The van der Waals surface area contributed by atoms with Crippen molar-refractivity contribution < 1.29 is 28.5 Å². The molecule has 2 aromatic carbocycles. The first kappa shape index (κ1) is 24.1. The molecule has 1 N–H and O–H groups in total. The maximum atomic E-state index is 13.0. The predicted molar refractivity (Wildman–Crippen MR) is 126 cm³/mol. The number of hydrogen-bond donors (Lipinski definition) is 1. The lowest BCUT2D eigenvalue weighted by Gasteiger charge is -2.16. The molecule has 3 aromatic rings. The summed E-state index contributed by atoms with van der Waals surface area (Å²) in [7, 11) is 3.14. The minimum atomic E-state index is -0.366. The van der Waals surface area contributed by atoms with Crippen molar-refractivity contribution in [2.75, 3.05) is 39.4 Å². The second-order valence-electron chi connectivity index (χ2n) is 6.54. The molecule has 1 aromatic heterocycles. The van der Waals surface area contributed by atoms with Crippen molar-refractivity contribution in [2.24, 2.45) is 0 Å². The lowest BCUT2D eigenvalue weighted by atomic mass is 10.1. The van der Waals surface area contributed by atoms with E-state index in [0.717, 1.165) is 5.56 Å². The maximum absolute atomic E-state index is 13.0. The molecule has 0 saturated heterocycles. The third-order valence-corrected chi connectivity index (χ3v) is 5.34. The number of hydrogen-bond acceptors (Lipinski definition) is 9. The van der Waals surface area contributed by atoms with Crippen LogP contribution in [0.1, 0.15) is 31.1 Å². The average molecular weight is 474 g/mol. The van der Waals surface area contributed by atoms with Gasteiger partial charge in [-0.05, 0) is 51.1 Å². The number of carbonyl (C=O) groups excluding carboxylic acids is 1. The van der Waals surface area contributed by atoms with Crippen LogP contribution < -0.4 is 29.0 Å². The van der Waals surface area contributed by atoms with Crippen LogP contribution in [-0.2, 0) is 0 Å². The molecule has 0 radical (unpaired) electrons. The number of nitrogens with one attached hydrogen (secondary N) is 1. The van der Waals surface area contributed by atoms with Crippen molar-refractivity contribution in [3.8, 4) is 39.3 Å². The van der Waals surface area contributed by atoms with E-state index >= 15 is 0 Å². The Kier molecular flexibility index (Phi) is 8.31. The summed E-state index contributed by atoms with van der Waals surface area (Å²) in [5, 5.41) is 12.1. The van der Waals surface area contributed by atoms with Gasteiger partial charge in [0.05, 0.1) is 34.0 Å². The molecule has 0 fully saturated rings. The standard InChI is InChI=1S/C23H27N3O6S/c1-6-30-18-12-15(13-19(31-7-2)20(18)32-8-3)21(27)24-23-26-25-22(33-23)14-9-10-16(28-4)17(11-14)29-5/h9-13H,6-8H2,1-5H3,(H,24,26,27). The van der Waals surface area contributed by atoms with E-state index in [-0.39, 0.29) is 5.91 Å². The van der Waals surface area contributed by atoms with Crippen molar-refractivity contribution in [3.63, 3.8) is 0 Å². The number of carbonyl (C=O) groups is 1. The number of rotatable bonds is 11. The maximum Gasteiger partial charge on any atom is 0.257 e. The Morgan fingerprint density at radius 3 is 2.06 bits per heavy atom. The molecule has 0 bridgehead atoms.